The minimum absolute atomic E-state index is 0.270. The molecule has 0 saturated heterocycles. The quantitative estimate of drug-likeness (QED) is 0.904. The third-order valence-electron chi connectivity index (χ3n) is 2.73. The van der Waals surface area contributed by atoms with Crippen LogP contribution in [0.5, 0.6) is 0 Å². The largest absolute Gasteiger partial charge is 0.366 e. The zero-order chi connectivity index (χ0) is 14.7. The van der Waals surface area contributed by atoms with Crippen molar-refractivity contribution in [3.05, 3.63) is 57.8 Å². The molecular weight excluding hydrogens is 322 g/mol. The number of nitrogens with one attached hydrogen (secondary N) is 1. The highest BCUT2D eigenvalue weighted by molar-refractivity contribution is 9.10. The average Bonchev–Trinajstić information content (AvgIpc) is 2.40. The summed E-state index contributed by atoms with van der Waals surface area (Å²) in [6.45, 7) is 1.79. The number of halogens is 1. The number of hydrogen-bond acceptors (Lipinski definition) is 3. The lowest BCUT2D eigenvalue weighted by molar-refractivity contribution is 0.0998. The van der Waals surface area contributed by atoms with Crippen molar-refractivity contribution >= 4 is 33.4 Å². The Morgan fingerprint density at radius 2 is 1.95 bits per heavy atom. The number of carbonyl (C=O) groups is 2. The van der Waals surface area contributed by atoms with Gasteiger partial charge in [0.15, 0.2) is 0 Å². The van der Waals surface area contributed by atoms with Gasteiger partial charge in [0.1, 0.15) is 0 Å². The van der Waals surface area contributed by atoms with Gasteiger partial charge < -0.3 is 11.1 Å². The molecule has 0 radical (unpaired) electrons. The van der Waals surface area contributed by atoms with Crippen molar-refractivity contribution in [1.29, 1.82) is 0 Å². The molecule has 0 aliphatic heterocycles. The molecule has 2 rings (SSSR count). The average molecular weight is 334 g/mol. The normalized spacial score (nSPS) is 10.1. The predicted molar refractivity (Wildman–Crippen MR) is 79.6 cm³/mol. The number of pyridine rings is 1. The van der Waals surface area contributed by atoms with E-state index in [2.05, 4.69) is 26.2 Å². The van der Waals surface area contributed by atoms with E-state index >= 15 is 0 Å². The zero-order valence-electron chi connectivity index (χ0n) is 10.7. The van der Waals surface area contributed by atoms with Gasteiger partial charge in [0.2, 0.25) is 5.91 Å². The Labute approximate surface area is 124 Å². The lowest BCUT2D eigenvalue weighted by Gasteiger charge is -2.09. The number of nitrogens with zero attached hydrogens (tertiary/aromatic N) is 1. The van der Waals surface area contributed by atoms with Gasteiger partial charge in [-0.2, -0.15) is 0 Å². The molecule has 0 atom stereocenters. The van der Waals surface area contributed by atoms with Crippen LogP contribution in [0.2, 0.25) is 0 Å². The van der Waals surface area contributed by atoms with Crippen LogP contribution in [0, 0.1) is 6.92 Å². The number of carbonyl (C=O) groups excluding carboxylic acids is 2. The van der Waals surface area contributed by atoms with Gasteiger partial charge in [0.25, 0.3) is 5.91 Å². The molecule has 2 aromatic rings. The maximum atomic E-state index is 12.1. The molecular formula is C14H12BrN3O2. The van der Waals surface area contributed by atoms with E-state index in [4.69, 9.17) is 5.73 Å². The Kier molecular flexibility index (Phi) is 4.14. The summed E-state index contributed by atoms with van der Waals surface area (Å²) in [5.41, 5.74) is 7.44. The van der Waals surface area contributed by atoms with E-state index in [0.29, 0.717) is 16.8 Å². The lowest BCUT2D eigenvalue weighted by atomic mass is 10.1. The molecule has 20 heavy (non-hydrogen) atoms. The van der Waals surface area contributed by atoms with E-state index in [-0.39, 0.29) is 5.91 Å². The van der Waals surface area contributed by atoms with Gasteiger partial charge >= 0.3 is 0 Å². The van der Waals surface area contributed by atoms with Crippen molar-refractivity contribution in [3.8, 4) is 0 Å². The third kappa shape index (κ3) is 3.21. The number of benzene rings is 1. The molecule has 0 bridgehead atoms. The van der Waals surface area contributed by atoms with Gasteiger partial charge in [-0.05, 0) is 52.7 Å². The smallest absolute Gasteiger partial charge is 0.257 e. The topological polar surface area (TPSA) is 85.1 Å². The number of nitrogens with two attached hydrogens (primary N) is 1. The Morgan fingerprint density at radius 1 is 1.20 bits per heavy atom. The van der Waals surface area contributed by atoms with E-state index in [9.17, 15) is 9.59 Å². The summed E-state index contributed by atoms with van der Waals surface area (Å²) in [5.74, 6) is -0.768. The molecule has 0 fully saturated rings. The van der Waals surface area contributed by atoms with E-state index < -0.39 is 5.91 Å². The Bertz CT molecular complexity index is 686. The van der Waals surface area contributed by atoms with Gasteiger partial charge in [0.05, 0.1) is 5.56 Å². The fourth-order valence-corrected chi connectivity index (χ4v) is 2.05. The van der Waals surface area contributed by atoms with Crippen LogP contribution in [0.4, 0.5) is 5.69 Å². The van der Waals surface area contributed by atoms with Crippen LogP contribution < -0.4 is 11.1 Å². The predicted octanol–water partition coefficient (Wildman–Crippen LogP) is 2.50. The van der Waals surface area contributed by atoms with E-state index in [1.807, 2.05) is 0 Å². The van der Waals surface area contributed by atoms with Gasteiger partial charge in [0, 0.05) is 28.1 Å². The fourth-order valence-electron chi connectivity index (χ4n) is 1.69. The number of hydrogen-bond donors (Lipinski definition) is 2. The molecule has 1 aromatic heterocycles. The molecule has 0 spiro atoms. The molecule has 1 heterocycles. The van der Waals surface area contributed by atoms with Crippen molar-refractivity contribution in [2.75, 3.05) is 5.32 Å². The van der Waals surface area contributed by atoms with Crippen molar-refractivity contribution < 1.29 is 9.59 Å². The summed E-state index contributed by atoms with van der Waals surface area (Å²) >= 11 is 3.26. The van der Waals surface area contributed by atoms with Crippen LogP contribution in [0.1, 0.15) is 26.3 Å². The molecule has 0 aliphatic carbocycles. The van der Waals surface area contributed by atoms with Gasteiger partial charge in [-0.1, -0.05) is 0 Å². The molecule has 1 aromatic carbocycles. The van der Waals surface area contributed by atoms with Crippen molar-refractivity contribution in [2.45, 2.75) is 6.92 Å². The van der Waals surface area contributed by atoms with Crippen LogP contribution in [-0.4, -0.2) is 16.8 Å². The first kappa shape index (κ1) is 14.2. The van der Waals surface area contributed by atoms with E-state index in [1.165, 1.54) is 6.20 Å². The minimum Gasteiger partial charge on any atom is -0.366 e. The monoisotopic (exact) mass is 333 g/mol. The van der Waals surface area contributed by atoms with Crippen LogP contribution in [0.15, 0.2) is 41.1 Å². The molecule has 5 nitrogen and oxygen atoms in total. The fraction of sp³-hybridized carbons (Fsp3) is 0.0714. The van der Waals surface area contributed by atoms with Gasteiger partial charge in [-0.15, -0.1) is 0 Å². The highest BCUT2D eigenvalue weighted by Crippen LogP contribution is 2.18. The lowest BCUT2D eigenvalue weighted by Crippen LogP contribution is -2.15. The first-order valence-corrected chi connectivity index (χ1v) is 6.59. The summed E-state index contributed by atoms with van der Waals surface area (Å²) in [5, 5.41) is 2.77. The molecule has 3 N–H and O–H groups in total. The summed E-state index contributed by atoms with van der Waals surface area (Å²) < 4.78 is 0.728. The number of anilines is 1. The summed E-state index contributed by atoms with van der Waals surface area (Å²) in [7, 11) is 0. The number of aromatic nitrogens is 1. The Morgan fingerprint density at radius 3 is 2.55 bits per heavy atom. The molecule has 0 saturated carbocycles. The molecule has 2 amide bonds. The maximum absolute atomic E-state index is 12.1. The Hall–Kier alpha value is -2.21. The molecule has 0 unspecified atom stereocenters. The first-order valence-electron chi connectivity index (χ1n) is 5.80. The van der Waals surface area contributed by atoms with Crippen molar-refractivity contribution in [3.63, 3.8) is 0 Å². The SMILES string of the molecule is Cc1cc(C(N)=O)ccc1NC(=O)c1cncc(Br)c1. The standard InChI is InChI=1S/C14H12BrN3O2/c1-8-4-9(13(16)19)2-3-12(8)18-14(20)10-5-11(15)7-17-6-10/h2-7H,1H3,(H2,16,19)(H,18,20). The van der Waals surface area contributed by atoms with E-state index in [1.54, 1.807) is 37.4 Å². The number of amides is 2. The van der Waals surface area contributed by atoms with Crippen LogP contribution in [0.25, 0.3) is 0 Å². The number of rotatable bonds is 3. The third-order valence-corrected chi connectivity index (χ3v) is 3.16. The van der Waals surface area contributed by atoms with Crippen LogP contribution in [0.3, 0.4) is 0 Å². The zero-order valence-corrected chi connectivity index (χ0v) is 12.3. The molecule has 6 heteroatoms. The summed E-state index contributed by atoms with van der Waals surface area (Å²) in [6.07, 6.45) is 3.08. The van der Waals surface area contributed by atoms with Crippen LogP contribution in [-0.2, 0) is 0 Å². The number of aryl methyl sites for hydroxylation is 1. The second kappa shape index (κ2) is 5.83. The minimum atomic E-state index is -0.498. The highest BCUT2D eigenvalue weighted by atomic mass is 79.9. The number of primary amides is 1. The second-order valence-corrected chi connectivity index (χ2v) is 5.16. The first-order chi connectivity index (χ1) is 9.47. The van der Waals surface area contributed by atoms with Gasteiger partial charge in [-0.3, -0.25) is 14.6 Å². The summed E-state index contributed by atoms with van der Waals surface area (Å²) in [6, 6.07) is 6.54. The van der Waals surface area contributed by atoms with Crippen molar-refractivity contribution in [1.82, 2.24) is 4.98 Å². The van der Waals surface area contributed by atoms with E-state index in [0.717, 1.165) is 10.0 Å². The second-order valence-electron chi connectivity index (χ2n) is 4.24. The molecule has 0 aliphatic rings. The van der Waals surface area contributed by atoms with Crippen LogP contribution >= 0.6 is 15.9 Å². The highest BCUT2D eigenvalue weighted by Gasteiger charge is 2.10. The van der Waals surface area contributed by atoms with Crippen molar-refractivity contribution in [2.24, 2.45) is 5.73 Å². The maximum Gasteiger partial charge on any atom is 0.257 e. The Balaban J connectivity index is 2.22. The van der Waals surface area contributed by atoms with Gasteiger partial charge in [-0.25, -0.2) is 0 Å². The summed E-state index contributed by atoms with van der Waals surface area (Å²) in [4.78, 5) is 27.1. The molecule has 102 valence electrons.